The summed E-state index contributed by atoms with van der Waals surface area (Å²) in [6.45, 7) is 1.00. The highest BCUT2D eigenvalue weighted by molar-refractivity contribution is 7.89. The number of ether oxygens (including phenoxy) is 1. The number of hydrogen-bond acceptors (Lipinski definition) is 4. The van der Waals surface area contributed by atoms with Crippen molar-refractivity contribution in [1.82, 2.24) is 5.32 Å². The second-order valence-electron chi connectivity index (χ2n) is 4.66. The summed E-state index contributed by atoms with van der Waals surface area (Å²) in [6, 6.07) is 2.21. The molecular weight excluding hydrogens is 339 g/mol. The molecule has 1 aromatic rings. The van der Waals surface area contributed by atoms with Crippen molar-refractivity contribution < 1.29 is 17.9 Å². The van der Waals surface area contributed by atoms with Crippen LogP contribution in [0, 0.1) is 0 Å². The van der Waals surface area contributed by atoms with Crippen LogP contribution < -0.4 is 10.5 Å². The number of hydrogen-bond donors (Lipinski definition) is 2. The quantitative estimate of drug-likeness (QED) is 0.858. The molecule has 6 nitrogen and oxygen atoms in total. The third kappa shape index (κ3) is 4.08. The molecule has 0 saturated carbocycles. The van der Waals surface area contributed by atoms with Crippen LogP contribution in [-0.2, 0) is 14.8 Å². The van der Waals surface area contributed by atoms with Crippen LogP contribution in [0.2, 0.25) is 10.0 Å². The van der Waals surface area contributed by atoms with Gasteiger partial charge in [-0.25, -0.2) is 13.6 Å². The molecule has 0 aromatic heterocycles. The average Bonchev–Trinajstić information content (AvgIpc) is 2.91. The van der Waals surface area contributed by atoms with Crippen molar-refractivity contribution in [2.75, 3.05) is 13.2 Å². The van der Waals surface area contributed by atoms with Crippen LogP contribution in [0.15, 0.2) is 17.0 Å². The highest BCUT2D eigenvalue weighted by Crippen LogP contribution is 2.29. The van der Waals surface area contributed by atoms with Gasteiger partial charge in [0.15, 0.2) is 0 Å². The molecule has 0 bridgehead atoms. The maximum atomic E-state index is 12.1. The van der Waals surface area contributed by atoms with E-state index in [1.807, 2.05) is 0 Å². The summed E-state index contributed by atoms with van der Waals surface area (Å²) in [6.07, 6.45) is 1.78. The number of rotatable bonds is 4. The van der Waals surface area contributed by atoms with E-state index >= 15 is 0 Å². The van der Waals surface area contributed by atoms with Crippen LogP contribution in [-0.4, -0.2) is 33.6 Å². The van der Waals surface area contributed by atoms with Crippen LogP contribution in [0.4, 0.5) is 0 Å². The summed E-state index contributed by atoms with van der Waals surface area (Å²) in [5, 5.41) is 7.61. The Balaban J connectivity index is 2.21. The zero-order valence-electron chi connectivity index (χ0n) is 10.9. The van der Waals surface area contributed by atoms with E-state index in [9.17, 15) is 13.2 Å². The fourth-order valence-corrected chi connectivity index (χ4v) is 3.04. The van der Waals surface area contributed by atoms with Gasteiger partial charge in [0, 0.05) is 13.2 Å². The molecule has 2 rings (SSSR count). The molecule has 9 heteroatoms. The van der Waals surface area contributed by atoms with Gasteiger partial charge in [-0.05, 0) is 25.0 Å². The zero-order chi connectivity index (χ0) is 15.6. The molecule has 1 atom stereocenters. The highest BCUT2D eigenvalue weighted by Gasteiger charge is 2.21. The first-order valence-electron chi connectivity index (χ1n) is 6.20. The van der Waals surface area contributed by atoms with Crippen molar-refractivity contribution in [2.45, 2.75) is 23.8 Å². The van der Waals surface area contributed by atoms with Crippen molar-refractivity contribution in [2.24, 2.45) is 5.14 Å². The number of benzene rings is 1. The predicted molar refractivity (Wildman–Crippen MR) is 79.1 cm³/mol. The molecule has 1 aliphatic rings. The van der Waals surface area contributed by atoms with E-state index in [2.05, 4.69) is 5.32 Å². The van der Waals surface area contributed by atoms with Gasteiger partial charge >= 0.3 is 0 Å². The largest absolute Gasteiger partial charge is 0.376 e. The van der Waals surface area contributed by atoms with Crippen LogP contribution in [0.3, 0.4) is 0 Å². The van der Waals surface area contributed by atoms with Gasteiger partial charge in [0.1, 0.15) is 0 Å². The fraction of sp³-hybridized carbons (Fsp3) is 0.417. The van der Waals surface area contributed by atoms with E-state index in [0.29, 0.717) is 13.2 Å². The number of carbonyl (C=O) groups is 1. The normalized spacial score (nSPS) is 18.7. The van der Waals surface area contributed by atoms with Crippen LogP contribution in [0.25, 0.3) is 0 Å². The van der Waals surface area contributed by atoms with E-state index < -0.39 is 15.9 Å². The Morgan fingerprint density at radius 2 is 2.14 bits per heavy atom. The molecule has 0 aliphatic carbocycles. The molecular formula is C12H14Cl2N2O4S. The van der Waals surface area contributed by atoms with Gasteiger partial charge in [0.2, 0.25) is 10.0 Å². The molecule has 1 fully saturated rings. The van der Waals surface area contributed by atoms with Crippen molar-refractivity contribution >= 4 is 39.1 Å². The van der Waals surface area contributed by atoms with Crippen LogP contribution in [0.5, 0.6) is 0 Å². The van der Waals surface area contributed by atoms with E-state index in [-0.39, 0.29) is 26.6 Å². The minimum Gasteiger partial charge on any atom is -0.376 e. The number of amides is 1. The molecule has 21 heavy (non-hydrogen) atoms. The Kier molecular flexibility index (Phi) is 5.11. The van der Waals surface area contributed by atoms with Gasteiger partial charge in [-0.3, -0.25) is 4.79 Å². The SMILES string of the molecule is NS(=O)(=O)c1cc(Cl)c(Cl)c(C(=O)NCC2CCCO2)c1. The summed E-state index contributed by atoms with van der Waals surface area (Å²) in [5.74, 6) is -0.525. The first-order valence-corrected chi connectivity index (χ1v) is 8.51. The Morgan fingerprint density at radius 1 is 1.43 bits per heavy atom. The minimum absolute atomic E-state index is 0.0195. The molecule has 1 unspecified atom stereocenters. The average molecular weight is 353 g/mol. The molecule has 3 N–H and O–H groups in total. The van der Waals surface area contributed by atoms with E-state index in [4.69, 9.17) is 33.1 Å². The minimum atomic E-state index is -3.98. The van der Waals surface area contributed by atoms with E-state index in [1.54, 1.807) is 0 Å². The van der Waals surface area contributed by atoms with Gasteiger partial charge in [-0.15, -0.1) is 0 Å². The van der Waals surface area contributed by atoms with Gasteiger partial charge in [-0.1, -0.05) is 23.2 Å². The highest BCUT2D eigenvalue weighted by atomic mass is 35.5. The van der Waals surface area contributed by atoms with Crippen LogP contribution in [0.1, 0.15) is 23.2 Å². The molecule has 0 spiro atoms. The fourth-order valence-electron chi connectivity index (χ4n) is 2.00. The number of nitrogens with two attached hydrogens (primary N) is 1. The summed E-state index contributed by atoms with van der Waals surface area (Å²) in [4.78, 5) is 11.8. The summed E-state index contributed by atoms with van der Waals surface area (Å²) < 4.78 is 28.1. The summed E-state index contributed by atoms with van der Waals surface area (Å²) >= 11 is 11.8. The van der Waals surface area contributed by atoms with Gasteiger partial charge in [-0.2, -0.15) is 0 Å². The third-order valence-electron chi connectivity index (χ3n) is 3.09. The lowest BCUT2D eigenvalue weighted by Crippen LogP contribution is -2.32. The third-order valence-corrected chi connectivity index (χ3v) is 4.78. The molecule has 1 saturated heterocycles. The number of nitrogens with one attached hydrogen (secondary N) is 1. The van der Waals surface area contributed by atoms with E-state index in [1.165, 1.54) is 0 Å². The molecule has 1 heterocycles. The first kappa shape index (κ1) is 16.5. The maximum Gasteiger partial charge on any atom is 0.252 e. The zero-order valence-corrected chi connectivity index (χ0v) is 13.3. The standard InChI is InChI=1S/C12H14Cl2N2O4S/c13-10-5-8(21(15,18)19)4-9(11(10)14)12(17)16-6-7-2-1-3-20-7/h4-5,7H,1-3,6H2,(H,16,17)(H2,15,18,19). The Bertz CT molecular complexity index is 657. The van der Waals surface area contributed by atoms with Gasteiger partial charge < -0.3 is 10.1 Å². The lowest BCUT2D eigenvalue weighted by atomic mass is 10.2. The molecule has 1 aromatic carbocycles. The first-order chi connectivity index (χ1) is 9.79. The van der Waals surface area contributed by atoms with Gasteiger partial charge in [0.25, 0.3) is 5.91 Å². The maximum absolute atomic E-state index is 12.1. The molecule has 116 valence electrons. The number of halogens is 2. The monoisotopic (exact) mass is 352 g/mol. The number of carbonyl (C=O) groups excluding carboxylic acids is 1. The van der Waals surface area contributed by atoms with Crippen LogP contribution >= 0.6 is 23.2 Å². The number of primary sulfonamides is 1. The molecule has 0 radical (unpaired) electrons. The Morgan fingerprint density at radius 3 is 2.71 bits per heavy atom. The Hall–Kier alpha value is -0.860. The Labute approximate surface area is 132 Å². The summed E-state index contributed by atoms with van der Waals surface area (Å²) in [5.41, 5.74) is -0.0359. The summed E-state index contributed by atoms with van der Waals surface area (Å²) in [7, 11) is -3.98. The predicted octanol–water partition coefficient (Wildman–Crippen LogP) is 1.55. The van der Waals surface area contributed by atoms with Crippen molar-refractivity contribution in [1.29, 1.82) is 0 Å². The van der Waals surface area contributed by atoms with Crippen molar-refractivity contribution in [3.63, 3.8) is 0 Å². The van der Waals surface area contributed by atoms with E-state index in [0.717, 1.165) is 25.0 Å². The van der Waals surface area contributed by atoms with Crippen molar-refractivity contribution in [3.05, 3.63) is 27.7 Å². The second kappa shape index (κ2) is 6.50. The second-order valence-corrected chi connectivity index (χ2v) is 7.00. The number of sulfonamides is 1. The molecule has 1 aliphatic heterocycles. The lowest BCUT2D eigenvalue weighted by Gasteiger charge is -2.12. The van der Waals surface area contributed by atoms with Gasteiger partial charge in [0.05, 0.1) is 26.6 Å². The lowest BCUT2D eigenvalue weighted by molar-refractivity contribution is 0.0857. The van der Waals surface area contributed by atoms with Crippen molar-refractivity contribution in [3.8, 4) is 0 Å². The topological polar surface area (TPSA) is 98.5 Å². The smallest absolute Gasteiger partial charge is 0.252 e. The molecule has 1 amide bonds.